The molecule has 1 aliphatic rings. The highest BCUT2D eigenvalue weighted by Gasteiger charge is 2.45. The zero-order chi connectivity index (χ0) is 12.0. The fraction of sp³-hybridized carbons (Fsp3) is 0.923. The van der Waals surface area contributed by atoms with E-state index < -0.39 is 0 Å². The Kier molecular flexibility index (Phi) is 2.92. The van der Waals surface area contributed by atoms with Crippen molar-refractivity contribution >= 4 is 5.84 Å². The van der Waals surface area contributed by atoms with Gasteiger partial charge < -0.3 is 4.90 Å². The van der Waals surface area contributed by atoms with Gasteiger partial charge in [-0.2, -0.15) is 0 Å². The summed E-state index contributed by atoms with van der Waals surface area (Å²) < 4.78 is 0. The minimum Gasteiger partial charge on any atom is -0.358 e. The molecule has 2 unspecified atom stereocenters. The quantitative estimate of drug-likeness (QED) is 0.599. The van der Waals surface area contributed by atoms with Crippen molar-refractivity contribution in [2.45, 2.75) is 60.5 Å². The van der Waals surface area contributed by atoms with Gasteiger partial charge in [0.1, 0.15) is 0 Å². The summed E-state index contributed by atoms with van der Waals surface area (Å²) in [6, 6.07) is 0.917. The summed E-state index contributed by atoms with van der Waals surface area (Å²) in [6.45, 7) is 15.9. The average Bonchev–Trinajstić information content (AvgIpc) is 2.25. The lowest BCUT2D eigenvalue weighted by Gasteiger charge is -2.41. The Morgan fingerprint density at radius 1 is 1.00 bits per heavy atom. The van der Waals surface area contributed by atoms with Gasteiger partial charge in [-0.25, -0.2) is 0 Å². The molecule has 0 amide bonds. The van der Waals surface area contributed by atoms with Crippen LogP contribution >= 0.6 is 0 Å². The van der Waals surface area contributed by atoms with E-state index in [1.54, 1.807) is 0 Å². The van der Waals surface area contributed by atoms with Crippen LogP contribution in [0, 0.1) is 10.8 Å². The van der Waals surface area contributed by atoms with Gasteiger partial charge in [-0.3, -0.25) is 4.99 Å². The Hall–Kier alpha value is -0.530. The molecule has 0 radical (unpaired) electrons. The molecule has 0 spiro atoms. The minimum atomic E-state index is 0.240. The SMILES string of the molecule is CC1=NC(C(C)(C)C)C(C(C)(C)C)N1C. The molecular formula is C13H26N2. The Labute approximate surface area is 94.8 Å². The number of amidine groups is 1. The molecule has 0 bridgehead atoms. The topological polar surface area (TPSA) is 15.6 Å². The van der Waals surface area contributed by atoms with Crippen LogP contribution in [0.15, 0.2) is 4.99 Å². The molecule has 0 aromatic carbocycles. The van der Waals surface area contributed by atoms with Crippen LogP contribution in [0.1, 0.15) is 48.5 Å². The van der Waals surface area contributed by atoms with E-state index in [0.717, 1.165) is 0 Å². The largest absolute Gasteiger partial charge is 0.358 e. The second kappa shape index (κ2) is 3.50. The normalized spacial score (nSPS) is 28.3. The molecule has 0 aliphatic carbocycles. The maximum absolute atomic E-state index is 4.83. The Bertz CT molecular complexity index is 265. The molecule has 2 heteroatoms. The smallest absolute Gasteiger partial charge is 0.0963 e. The standard InChI is InChI=1S/C13H26N2/c1-9-14-10(12(2,3)4)11(15(9)8)13(5,6)7/h10-11H,1-8H3. The molecule has 0 saturated heterocycles. The number of hydrogen-bond acceptors (Lipinski definition) is 2. The second-order valence-corrected chi connectivity index (χ2v) is 6.91. The molecule has 0 saturated carbocycles. The summed E-state index contributed by atoms with van der Waals surface area (Å²) in [5, 5.41) is 0. The zero-order valence-corrected chi connectivity index (χ0v) is 11.5. The summed E-state index contributed by atoms with van der Waals surface area (Å²) in [5.74, 6) is 1.18. The third-order valence-corrected chi connectivity index (χ3v) is 3.33. The van der Waals surface area contributed by atoms with E-state index in [1.807, 2.05) is 0 Å². The molecule has 15 heavy (non-hydrogen) atoms. The van der Waals surface area contributed by atoms with Gasteiger partial charge in [0.05, 0.1) is 17.9 Å². The van der Waals surface area contributed by atoms with Gasteiger partial charge in [-0.15, -0.1) is 0 Å². The average molecular weight is 210 g/mol. The first-order chi connectivity index (χ1) is 6.55. The Morgan fingerprint density at radius 3 is 1.73 bits per heavy atom. The van der Waals surface area contributed by atoms with Crippen LogP contribution < -0.4 is 0 Å². The number of hydrogen-bond donors (Lipinski definition) is 0. The van der Waals surface area contributed by atoms with Crippen LogP contribution in [0.3, 0.4) is 0 Å². The molecule has 0 fully saturated rings. The Balaban J connectivity index is 3.05. The first kappa shape index (κ1) is 12.5. The second-order valence-electron chi connectivity index (χ2n) is 6.91. The maximum atomic E-state index is 4.83. The molecule has 88 valence electrons. The first-order valence-corrected chi connectivity index (χ1v) is 5.82. The van der Waals surface area contributed by atoms with E-state index in [1.165, 1.54) is 5.84 Å². The van der Waals surface area contributed by atoms with Crippen molar-refractivity contribution in [1.82, 2.24) is 4.90 Å². The molecule has 2 atom stereocenters. The van der Waals surface area contributed by atoms with Crippen molar-refractivity contribution < 1.29 is 0 Å². The van der Waals surface area contributed by atoms with Crippen molar-refractivity contribution in [2.75, 3.05) is 7.05 Å². The van der Waals surface area contributed by atoms with E-state index in [4.69, 9.17) is 4.99 Å². The molecule has 0 N–H and O–H groups in total. The van der Waals surface area contributed by atoms with Gasteiger partial charge in [-0.05, 0) is 17.8 Å². The highest BCUT2D eigenvalue weighted by atomic mass is 15.3. The summed E-state index contributed by atoms with van der Waals surface area (Å²) in [4.78, 5) is 7.17. The van der Waals surface area contributed by atoms with Crippen molar-refractivity contribution in [2.24, 2.45) is 15.8 Å². The Morgan fingerprint density at radius 2 is 1.47 bits per heavy atom. The lowest BCUT2D eigenvalue weighted by atomic mass is 9.73. The van der Waals surface area contributed by atoms with E-state index in [0.29, 0.717) is 12.1 Å². The molecule has 0 aromatic rings. The van der Waals surface area contributed by atoms with Crippen LogP contribution in [0.5, 0.6) is 0 Å². The lowest BCUT2D eigenvalue weighted by molar-refractivity contribution is 0.128. The van der Waals surface area contributed by atoms with E-state index in [9.17, 15) is 0 Å². The third kappa shape index (κ3) is 2.35. The maximum Gasteiger partial charge on any atom is 0.0963 e. The summed E-state index contributed by atoms with van der Waals surface area (Å²) in [5.41, 5.74) is 0.512. The van der Waals surface area contributed by atoms with Gasteiger partial charge in [0.25, 0.3) is 0 Å². The summed E-state index contributed by atoms with van der Waals surface area (Å²) >= 11 is 0. The fourth-order valence-electron chi connectivity index (χ4n) is 2.50. The molecule has 0 aromatic heterocycles. The summed E-state index contributed by atoms with van der Waals surface area (Å²) in [7, 11) is 2.17. The third-order valence-electron chi connectivity index (χ3n) is 3.33. The highest BCUT2D eigenvalue weighted by Crippen LogP contribution is 2.39. The van der Waals surface area contributed by atoms with Gasteiger partial charge in [0, 0.05) is 7.05 Å². The molecule has 1 aliphatic heterocycles. The van der Waals surface area contributed by atoms with Gasteiger partial charge in [-0.1, -0.05) is 41.5 Å². The number of rotatable bonds is 0. The highest BCUT2D eigenvalue weighted by molar-refractivity contribution is 5.82. The molecule has 1 rings (SSSR count). The molecule has 1 heterocycles. The van der Waals surface area contributed by atoms with E-state index in [2.05, 4.69) is 60.4 Å². The van der Waals surface area contributed by atoms with Crippen molar-refractivity contribution in [3.05, 3.63) is 0 Å². The van der Waals surface area contributed by atoms with Gasteiger partial charge in [0.15, 0.2) is 0 Å². The fourth-order valence-corrected chi connectivity index (χ4v) is 2.50. The van der Waals surface area contributed by atoms with Gasteiger partial charge >= 0.3 is 0 Å². The number of aliphatic imine (C=N–C) groups is 1. The van der Waals surface area contributed by atoms with Crippen molar-refractivity contribution in [3.8, 4) is 0 Å². The van der Waals surface area contributed by atoms with Crippen LogP contribution in [-0.2, 0) is 0 Å². The van der Waals surface area contributed by atoms with Crippen LogP contribution in [0.4, 0.5) is 0 Å². The molecular weight excluding hydrogens is 184 g/mol. The van der Waals surface area contributed by atoms with E-state index >= 15 is 0 Å². The van der Waals surface area contributed by atoms with Gasteiger partial charge in [0.2, 0.25) is 0 Å². The lowest BCUT2D eigenvalue weighted by Crippen LogP contribution is -2.49. The monoisotopic (exact) mass is 210 g/mol. The number of likely N-dealkylation sites (N-methyl/N-ethyl adjacent to an activating group) is 1. The van der Waals surface area contributed by atoms with Crippen LogP contribution in [-0.4, -0.2) is 29.9 Å². The summed E-state index contributed by atoms with van der Waals surface area (Å²) in [6.07, 6.45) is 0. The zero-order valence-electron chi connectivity index (χ0n) is 11.5. The van der Waals surface area contributed by atoms with Crippen molar-refractivity contribution in [1.29, 1.82) is 0 Å². The molecule has 2 nitrogen and oxygen atoms in total. The first-order valence-electron chi connectivity index (χ1n) is 5.82. The van der Waals surface area contributed by atoms with E-state index in [-0.39, 0.29) is 10.8 Å². The van der Waals surface area contributed by atoms with Crippen molar-refractivity contribution in [3.63, 3.8) is 0 Å². The van der Waals surface area contributed by atoms with Crippen LogP contribution in [0.25, 0.3) is 0 Å². The predicted octanol–water partition coefficient (Wildman–Crippen LogP) is 3.18. The predicted molar refractivity (Wildman–Crippen MR) is 67.4 cm³/mol. The number of nitrogens with zero attached hydrogens (tertiary/aromatic N) is 2. The van der Waals surface area contributed by atoms with Crippen LogP contribution in [0.2, 0.25) is 0 Å². The minimum absolute atomic E-state index is 0.240.